The molecule has 0 unspecified atom stereocenters. The topological polar surface area (TPSA) is 49.1 Å². The van der Waals surface area contributed by atoms with Crippen molar-refractivity contribution in [2.24, 2.45) is 7.05 Å². The smallest absolute Gasteiger partial charge is 0.296 e. The summed E-state index contributed by atoms with van der Waals surface area (Å²) in [5, 5.41) is 6.51. The summed E-state index contributed by atoms with van der Waals surface area (Å²) in [5.41, 5.74) is 4.13. The molecule has 0 amide bonds. The van der Waals surface area contributed by atoms with Crippen LogP contribution in [0, 0.1) is 13.8 Å². The van der Waals surface area contributed by atoms with Gasteiger partial charge >= 0.3 is 0 Å². The molecule has 2 aromatic heterocycles. The lowest BCUT2D eigenvalue weighted by atomic mass is 10.1. The van der Waals surface area contributed by atoms with E-state index >= 15 is 0 Å². The van der Waals surface area contributed by atoms with Gasteiger partial charge in [0, 0.05) is 23.9 Å². The predicted molar refractivity (Wildman–Crippen MR) is 99.8 cm³/mol. The van der Waals surface area contributed by atoms with Gasteiger partial charge in [-0.25, -0.2) is 0 Å². The zero-order valence-corrected chi connectivity index (χ0v) is 14.7. The van der Waals surface area contributed by atoms with Crippen molar-refractivity contribution in [1.82, 2.24) is 14.3 Å². The van der Waals surface area contributed by atoms with Gasteiger partial charge in [-0.15, -0.1) is 0 Å². The van der Waals surface area contributed by atoms with Crippen molar-refractivity contribution >= 4 is 21.8 Å². The molecule has 5 nitrogen and oxygen atoms in total. The molecular weight excluding hydrogens is 314 g/mol. The van der Waals surface area contributed by atoms with Crippen LogP contribution in [0.25, 0.3) is 27.5 Å². The van der Waals surface area contributed by atoms with Gasteiger partial charge in [-0.1, -0.05) is 18.2 Å². The van der Waals surface area contributed by atoms with Gasteiger partial charge < -0.3 is 9.30 Å². The van der Waals surface area contributed by atoms with E-state index in [-0.39, 0.29) is 5.56 Å². The van der Waals surface area contributed by atoms with E-state index in [9.17, 15) is 4.79 Å². The number of nitrogens with zero attached hydrogens (tertiary/aromatic N) is 3. The Hall–Kier alpha value is -3.08. The first-order valence-electron chi connectivity index (χ1n) is 8.15. The second-order valence-electron chi connectivity index (χ2n) is 6.25. The number of hydrogen-bond acceptors (Lipinski definition) is 3. The molecule has 0 bridgehead atoms. The van der Waals surface area contributed by atoms with E-state index in [1.165, 1.54) is 4.68 Å². The highest BCUT2D eigenvalue weighted by Gasteiger charge is 2.18. The molecule has 2 heterocycles. The summed E-state index contributed by atoms with van der Waals surface area (Å²) in [4.78, 5) is 13.2. The average Bonchev–Trinajstić information content (AvgIpc) is 2.92. The molecule has 0 saturated carbocycles. The molecule has 0 aliphatic heterocycles. The molecule has 4 aromatic rings. The Balaban J connectivity index is 2.16. The largest absolute Gasteiger partial charge is 0.497 e. The number of aromatic nitrogens is 3. The first kappa shape index (κ1) is 15.4. The molecule has 0 aliphatic carbocycles. The van der Waals surface area contributed by atoms with E-state index in [0.717, 1.165) is 39.0 Å². The van der Waals surface area contributed by atoms with E-state index in [1.54, 1.807) is 7.11 Å². The first-order valence-corrected chi connectivity index (χ1v) is 8.15. The number of benzene rings is 2. The second-order valence-corrected chi connectivity index (χ2v) is 6.25. The van der Waals surface area contributed by atoms with Gasteiger partial charge in [0.1, 0.15) is 11.3 Å². The predicted octanol–water partition coefficient (Wildman–Crippen LogP) is 3.50. The highest BCUT2D eigenvalue weighted by Crippen LogP contribution is 2.30. The number of ether oxygens (including phenoxy) is 1. The van der Waals surface area contributed by atoms with Gasteiger partial charge in [-0.2, -0.15) is 9.78 Å². The second kappa shape index (κ2) is 5.48. The van der Waals surface area contributed by atoms with Crippen molar-refractivity contribution < 1.29 is 4.74 Å². The van der Waals surface area contributed by atoms with Crippen LogP contribution in [0.4, 0.5) is 0 Å². The Morgan fingerprint density at radius 2 is 1.84 bits per heavy atom. The van der Waals surface area contributed by atoms with Crippen LogP contribution < -0.4 is 10.3 Å². The molecule has 0 radical (unpaired) electrons. The summed E-state index contributed by atoms with van der Waals surface area (Å²) in [6.45, 7) is 3.93. The van der Waals surface area contributed by atoms with Crippen molar-refractivity contribution in [2.75, 3.05) is 7.11 Å². The minimum atomic E-state index is -0.118. The minimum Gasteiger partial charge on any atom is -0.497 e. The molecule has 25 heavy (non-hydrogen) atoms. The fourth-order valence-electron chi connectivity index (χ4n) is 3.47. The third kappa shape index (κ3) is 2.16. The van der Waals surface area contributed by atoms with Gasteiger partial charge in [-0.3, -0.25) is 4.79 Å². The van der Waals surface area contributed by atoms with Crippen molar-refractivity contribution in [2.45, 2.75) is 13.8 Å². The Labute approximate surface area is 145 Å². The van der Waals surface area contributed by atoms with Crippen molar-refractivity contribution in [3.63, 3.8) is 0 Å². The van der Waals surface area contributed by atoms with Gasteiger partial charge in [0.2, 0.25) is 0 Å². The van der Waals surface area contributed by atoms with Crippen molar-refractivity contribution in [3.8, 4) is 11.4 Å². The van der Waals surface area contributed by atoms with Gasteiger partial charge in [-0.05, 0) is 37.6 Å². The maximum Gasteiger partial charge on any atom is 0.296 e. The summed E-state index contributed by atoms with van der Waals surface area (Å²) in [7, 11) is 3.55. The summed E-state index contributed by atoms with van der Waals surface area (Å²) < 4.78 is 8.76. The lowest BCUT2D eigenvalue weighted by molar-refractivity contribution is 0.415. The van der Waals surface area contributed by atoms with E-state index < -0.39 is 0 Å². The first-order chi connectivity index (χ1) is 12.0. The van der Waals surface area contributed by atoms with E-state index in [0.29, 0.717) is 5.52 Å². The number of hydrogen-bond donors (Lipinski definition) is 0. The van der Waals surface area contributed by atoms with Crippen LogP contribution in [0.15, 0.2) is 47.3 Å². The highest BCUT2D eigenvalue weighted by atomic mass is 16.5. The number of fused-ring (bicyclic) bond motifs is 3. The normalized spacial score (nSPS) is 11.4. The van der Waals surface area contributed by atoms with E-state index in [4.69, 9.17) is 4.74 Å². The van der Waals surface area contributed by atoms with Crippen molar-refractivity contribution in [3.05, 3.63) is 64.1 Å². The highest BCUT2D eigenvalue weighted by molar-refractivity contribution is 6.09. The molecule has 0 saturated heterocycles. The number of rotatable bonds is 2. The Morgan fingerprint density at radius 1 is 1.08 bits per heavy atom. The number of methoxy groups -OCH3 is 1. The maximum absolute atomic E-state index is 13.2. The Bertz CT molecular complexity index is 1190. The van der Waals surface area contributed by atoms with Crippen LogP contribution in [-0.4, -0.2) is 21.5 Å². The van der Waals surface area contributed by atoms with Crippen LogP contribution >= 0.6 is 0 Å². The van der Waals surface area contributed by atoms with E-state index in [1.807, 2.05) is 67.9 Å². The third-order valence-corrected chi connectivity index (χ3v) is 4.76. The summed E-state index contributed by atoms with van der Waals surface area (Å²) in [5.74, 6) is 0.767. The molecule has 126 valence electrons. The maximum atomic E-state index is 13.2. The van der Waals surface area contributed by atoms with Gasteiger partial charge in [0.25, 0.3) is 5.56 Å². The zero-order valence-electron chi connectivity index (χ0n) is 14.7. The lowest BCUT2D eigenvalue weighted by Crippen LogP contribution is -2.24. The SMILES string of the molecule is COc1ccc2c3c(C)nn(-c4ccccc4C)c(=O)c3n(C)c2c1. The molecule has 0 N–H and O–H groups in total. The summed E-state index contributed by atoms with van der Waals surface area (Å²) in [6.07, 6.45) is 0. The van der Waals surface area contributed by atoms with Gasteiger partial charge in [0.15, 0.2) is 0 Å². The third-order valence-electron chi connectivity index (χ3n) is 4.76. The van der Waals surface area contributed by atoms with Crippen molar-refractivity contribution in [1.29, 1.82) is 0 Å². The Morgan fingerprint density at radius 3 is 2.56 bits per heavy atom. The monoisotopic (exact) mass is 333 g/mol. The summed E-state index contributed by atoms with van der Waals surface area (Å²) >= 11 is 0. The fourth-order valence-corrected chi connectivity index (χ4v) is 3.47. The molecular formula is C20H19N3O2. The van der Waals surface area contributed by atoms with Crippen LogP contribution in [0.5, 0.6) is 5.75 Å². The molecule has 4 rings (SSSR count). The number of para-hydroxylation sites is 1. The van der Waals surface area contributed by atoms with Crippen LogP contribution in [0.1, 0.15) is 11.3 Å². The number of aryl methyl sites for hydroxylation is 3. The van der Waals surface area contributed by atoms with Crippen LogP contribution in [0.2, 0.25) is 0 Å². The quantitative estimate of drug-likeness (QED) is 0.564. The summed E-state index contributed by atoms with van der Waals surface area (Å²) in [6, 6.07) is 13.6. The van der Waals surface area contributed by atoms with Crippen LogP contribution in [0.3, 0.4) is 0 Å². The average molecular weight is 333 g/mol. The molecule has 0 atom stereocenters. The zero-order chi connectivity index (χ0) is 17.7. The lowest BCUT2D eigenvalue weighted by Gasteiger charge is -2.10. The van der Waals surface area contributed by atoms with E-state index in [2.05, 4.69) is 5.10 Å². The Kier molecular flexibility index (Phi) is 3.39. The molecule has 0 aliphatic rings. The van der Waals surface area contributed by atoms with Crippen LogP contribution in [-0.2, 0) is 7.05 Å². The molecule has 0 spiro atoms. The molecule has 5 heteroatoms. The molecule has 0 fully saturated rings. The molecule has 2 aromatic carbocycles. The fraction of sp³-hybridized carbons (Fsp3) is 0.200. The van der Waals surface area contributed by atoms with Gasteiger partial charge in [0.05, 0.1) is 24.0 Å². The minimum absolute atomic E-state index is 0.118. The standard InChI is InChI=1S/C20H19N3O2/c1-12-7-5-6-8-16(12)23-20(24)19-18(13(2)21-23)15-10-9-14(25-4)11-17(15)22(19)3/h5-11H,1-4H3.